The van der Waals surface area contributed by atoms with Crippen LogP contribution in [0.25, 0.3) is 0 Å². The number of aryl methyl sites for hydroxylation is 1. The average Bonchev–Trinajstić information content (AvgIpc) is 3.28. The summed E-state index contributed by atoms with van der Waals surface area (Å²) >= 11 is 8.02. The fourth-order valence-electron chi connectivity index (χ4n) is 4.14. The van der Waals surface area contributed by atoms with Gasteiger partial charge in [-0.15, -0.1) is 0 Å². The summed E-state index contributed by atoms with van der Waals surface area (Å²) < 4.78 is 8.13. The molecule has 1 N–H and O–H groups in total. The average molecular weight is 528 g/mol. The highest BCUT2D eigenvalue weighted by molar-refractivity contribution is 7.07. The molecular weight excluding hydrogens is 488 g/mol. The van der Waals surface area contributed by atoms with Crippen molar-refractivity contribution >= 4 is 34.5 Å². The second-order valence-corrected chi connectivity index (χ2v) is 10.6. The van der Waals surface area contributed by atoms with Crippen LogP contribution in [0.2, 0.25) is 5.02 Å². The predicted molar refractivity (Wildman–Crippen MR) is 152 cm³/mol. The molecule has 0 saturated carbocycles. The number of halogens is 1. The highest BCUT2D eigenvalue weighted by Crippen LogP contribution is 2.28. The maximum absolute atomic E-state index is 12.8. The van der Waals surface area contributed by atoms with E-state index in [1.165, 1.54) is 63.5 Å². The second kappa shape index (κ2) is 15.7. The predicted octanol–water partition coefficient (Wildman–Crippen LogP) is 8.60. The van der Waals surface area contributed by atoms with Crippen molar-refractivity contribution in [1.82, 2.24) is 0 Å². The Bertz CT molecular complexity index is 1070. The minimum Gasteiger partial charge on any atom is -0.492 e. The monoisotopic (exact) mass is 527 g/mol. The van der Waals surface area contributed by atoms with Crippen LogP contribution >= 0.6 is 22.9 Å². The highest BCUT2D eigenvalue weighted by Gasteiger charge is 2.11. The maximum Gasteiger partial charge on any atom is 0.255 e. The van der Waals surface area contributed by atoms with Gasteiger partial charge in [-0.05, 0) is 30.7 Å². The van der Waals surface area contributed by atoms with Gasteiger partial charge < -0.3 is 10.1 Å². The first kappa shape index (κ1) is 28.2. The number of unbranched alkanes of at least 4 members (excludes halogenated alkanes) is 9. The molecule has 0 atom stereocenters. The third-order valence-corrected chi connectivity index (χ3v) is 7.56. The number of ether oxygens (including phenoxy) is 1. The molecule has 36 heavy (non-hydrogen) atoms. The van der Waals surface area contributed by atoms with Gasteiger partial charge in [0.2, 0.25) is 5.51 Å². The lowest BCUT2D eigenvalue weighted by atomic mass is 10.1. The summed E-state index contributed by atoms with van der Waals surface area (Å²) in [6.07, 6.45) is 12.9. The van der Waals surface area contributed by atoms with E-state index < -0.39 is 0 Å². The summed E-state index contributed by atoms with van der Waals surface area (Å²) in [7, 11) is 0. The lowest BCUT2D eigenvalue weighted by molar-refractivity contribution is -0.689. The van der Waals surface area contributed by atoms with Crippen LogP contribution in [0.3, 0.4) is 0 Å². The number of thiazole rings is 1. The van der Waals surface area contributed by atoms with Gasteiger partial charge in [-0.2, -0.15) is 4.57 Å². The zero-order valence-corrected chi connectivity index (χ0v) is 23.3. The Kier molecular flexibility index (Phi) is 12.3. The van der Waals surface area contributed by atoms with Crippen LogP contribution in [0.1, 0.15) is 92.7 Å². The van der Waals surface area contributed by atoms with Crippen LogP contribution < -0.4 is 14.6 Å². The number of carbonyl (C=O) groups is 1. The molecule has 0 unspecified atom stereocenters. The molecule has 0 fully saturated rings. The third kappa shape index (κ3) is 9.59. The number of benzene rings is 2. The van der Waals surface area contributed by atoms with E-state index in [-0.39, 0.29) is 5.91 Å². The van der Waals surface area contributed by atoms with Crippen LogP contribution in [0.5, 0.6) is 5.75 Å². The van der Waals surface area contributed by atoms with Crippen molar-refractivity contribution in [2.75, 3.05) is 11.9 Å². The molecule has 0 saturated heterocycles. The molecule has 0 bridgehead atoms. The molecule has 0 aliphatic rings. The van der Waals surface area contributed by atoms with Crippen molar-refractivity contribution in [2.24, 2.45) is 0 Å². The Morgan fingerprint density at radius 1 is 0.944 bits per heavy atom. The number of nitrogens with zero attached hydrogens (tertiary/aromatic N) is 1. The van der Waals surface area contributed by atoms with Crippen molar-refractivity contribution in [3.05, 3.63) is 75.2 Å². The number of carbonyl (C=O) groups excluding carboxylic acids is 1. The first-order valence-corrected chi connectivity index (χ1v) is 14.6. The number of anilines is 1. The van der Waals surface area contributed by atoms with Crippen molar-refractivity contribution < 1.29 is 14.1 Å². The van der Waals surface area contributed by atoms with Gasteiger partial charge in [0.1, 0.15) is 5.75 Å². The van der Waals surface area contributed by atoms with Gasteiger partial charge in [-0.1, -0.05) is 99.8 Å². The standard InChI is InChI=1S/C30H39ClN2O2S/c1-3-4-5-6-7-8-9-10-11-12-19-35-29-20-27(17-18-28(29)31)32-30(34)26-15-13-25(14-16-26)21-33-23-36-22-24(33)2/h13-18,20,22-23H,3-12,19,21H2,1-2H3/p+1. The van der Waals surface area contributed by atoms with E-state index >= 15 is 0 Å². The van der Waals surface area contributed by atoms with E-state index in [0.29, 0.717) is 28.6 Å². The number of amides is 1. The van der Waals surface area contributed by atoms with Crippen LogP contribution in [0.15, 0.2) is 53.4 Å². The lowest BCUT2D eigenvalue weighted by Gasteiger charge is -2.11. The number of rotatable bonds is 16. The summed E-state index contributed by atoms with van der Waals surface area (Å²) in [6, 6.07) is 13.1. The van der Waals surface area contributed by atoms with E-state index in [4.69, 9.17) is 16.3 Å². The topological polar surface area (TPSA) is 42.2 Å². The van der Waals surface area contributed by atoms with Crippen molar-refractivity contribution in [1.29, 1.82) is 0 Å². The second-order valence-electron chi connectivity index (χ2n) is 9.46. The largest absolute Gasteiger partial charge is 0.492 e. The Morgan fingerprint density at radius 3 is 2.25 bits per heavy atom. The van der Waals surface area contributed by atoms with Gasteiger partial charge in [0.05, 0.1) is 17.0 Å². The van der Waals surface area contributed by atoms with Gasteiger partial charge >= 0.3 is 0 Å². The fourth-order valence-corrected chi connectivity index (χ4v) is 5.09. The van der Waals surface area contributed by atoms with Crippen molar-refractivity contribution in [3.8, 4) is 5.75 Å². The number of nitrogens with one attached hydrogen (secondary N) is 1. The maximum atomic E-state index is 12.8. The molecule has 1 aromatic heterocycles. The molecule has 4 nitrogen and oxygen atoms in total. The van der Waals surface area contributed by atoms with E-state index in [2.05, 4.69) is 34.6 Å². The molecular formula is C30H40ClN2O2S+. The van der Waals surface area contributed by atoms with Gasteiger partial charge in [-0.3, -0.25) is 4.79 Å². The van der Waals surface area contributed by atoms with Crippen LogP contribution in [-0.2, 0) is 6.54 Å². The van der Waals surface area contributed by atoms with Crippen LogP contribution in [-0.4, -0.2) is 12.5 Å². The molecule has 2 aromatic carbocycles. The fraction of sp³-hybridized carbons (Fsp3) is 0.467. The zero-order chi connectivity index (χ0) is 25.6. The summed E-state index contributed by atoms with van der Waals surface area (Å²) in [5, 5.41) is 5.65. The Labute approximate surface area is 225 Å². The Balaban J connectivity index is 1.39. The SMILES string of the molecule is CCCCCCCCCCCCOc1cc(NC(=O)c2ccc(C[n+]3cscc3C)cc2)ccc1Cl. The zero-order valence-electron chi connectivity index (χ0n) is 21.7. The minimum absolute atomic E-state index is 0.149. The molecule has 1 heterocycles. The highest BCUT2D eigenvalue weighted by atomic mass is 35.5. The molecule has 6 heteroatoms. The molecule has 0 aliphatic heterocycles. The summed E-state index contributed by atoms with van der Waals surface area (Å²) in [4.78, 5) is 12.8. The molecule has 0 aliphatic carbocycles. The molecule has 0 spiro atoms. The third-order valence-electron chi connectivity index (χ3n) is 6.39. The quantitative estimate of drug-likeness (QED) is 0.150. The molecule has 1 amide bonds. The first-order chi connectivity index (χ1) is 17.6. The first-order valence-electron chi connectivity index (χ1n) is 13.3. The van der Waals surface area contributed by atoms with E-state index in [1.54, 1.807) is 29.5 Å². The van der Waals surface area contributed by atoms with E-state index in [9.17, 15) is 4.79 Å². The Hall–Kier alpha value is -2.37. The summed E-state index contributed by atoms with van der Waals surface area (Å²) in [5.74, 6) is 0.466. The smallest absolute Gasteiger partial charge is 0.255 e. The number of aromatic nitrogens is 1. The van der Waals surface area contributed by atoms with Gasteiger partial charge in [0, 0.05) is 29.8 Å². The molecule has 3 aromatic rings. The number of hydrogen-bond acceptors (Lipinski definition) is 3. The Morgan fingerprint density at radius 2 is 1.61 bits per heavy atom. The van der Waals surface area contributed by atoms with Crippen LogP contribution in [0.4, 0.5) is 5.69 Å². The van der Waals surface area contributed by atoms with E-state index in [0.717, 1.165) is 18.5 Å². The van der Waals surface area contributed by atoms with Gasteiger partial charge in [0.25, 0.3) is 5.91 Å². The molecule has 3 rings (SSSR count). The van der Waals surface area contributed by atoms with Gasteiger partial charge in [-0.25, -0.2) is 0 Å². The normalized spacial score (nSPS) is 11.0. The van der Waals surface area contributed by atoms with E-state index in [1.807, 2.05) is 24.3 Å². The summed E-state index contributed by atoms with van der Waals surface area (Å²) in [6.45, 7) is 5.79. The molecule has 194 valence electrons. The molecule has 0 radical (unpaired) electrons. The van der Waals surface area contributed by atoms with Crippen molar-refractivity contribution in [3.63, 3.8) is 0 Å². The lowest BCUT2D eigenvalue weighted by Crippen LogP contribution is -2.34. The van der Waals surface area contributed by atoms with Crippen LogP contribution in [0, 0.1) is 6.92 Å². The van der Waals surface area contributed by atoms with Gasteiger partial charge in [0.15, 0.2) is 12.2 Å². The summed E-state index contributed by atoms with van der Waals surface area (Å²) in [5.41, 5.74) is 5.79. The van der Waals surface area contributed by atoms with Crippen molar-refractivity contribution in [2.45, 2.75) is 84.6 Å². The minimum atomic E-state index is -0.149. The number of hydrogen-bond donors (Lipinski definition) is 1.